The predicted molar refractivity (Wildman–Crippen MR) is 117 cm³/mol. The number of aryl methyl sites for hydroxylation is 2. The molecular formula is C22H21FN6OS. The zero-order valence-corrected chi connectivity index (χ0v) is 17.9. The van der Waals surface area contributed by atoms with Gasteiger partial charge in [-0.3, -0.25) is 14.5 Å². The molecule has 1 amide bonds. The number of halogens is 1. The van der Waals surface area contributed by atoms with Crippen LogP contribution in [0.25, 0.3) is 11.4 Å². The van der Waals surface area contributed by atoms with Crippen molar-refractivity contribution in [3.05, 3.63) is 88.5 Å². The van der Waals surface area contributed by atoms with E-state index in [-0.39, 0.29) is 18.3 Å². The number of benzene rings is 2. The number of imidazole rings is 1. The van der Waals surface area contributed by atoms with Gasteiger partial charge in [0.25, 0.3) is 0 Å². The highest BCUT2D eigenvalue weighted by molar-refractivity contribution is 7.71. The number of carbonyl (C=O) groups excluding carboxylic acids is 1. The van der Waals surface area contributed by atoms with Gasteiger partial charge < -0.3 is 9.88 Å². The molecule has 9 heteroatoms. The van der Waals surface area contributed by atoms with Gasteiger partial charge >= 0.3 is 0 Å². The predicted octanol–water partition coefficient (Wildman–Crippen LogP) is 3.69. The first kappa shape index (κ1) is 20.7. The zero-order valence-electron chi connectivity index (χ0n) is 17.0. The quantitative estimate of drug-likeness (QED) is 0.452. The lowest BCUT2D eigenvalue weighted by Gasteiger charge is -2.19. The first-order chi connectivity index (χ1) is 14.9. The van der Waals surface area contributed by atoms with E-state index >= 15 is 0 Å². The van der Waals surface area contributed by atoms with Gasteiger partial charge in [-0.2, -0.15) is 5.10 Å². The number of hydrogen-bond donors (Lipinski definition) is 2. The summed E-state index contributed by atoms with van der Waals surface area (Å²) >= 11 is 5.35. The van der Waals surface area contributed by atoms with Crippen LogP contribution in [0, 0.1) is 17.5 Å². The van der Waals surface area contributed by atoms with E-state index in [4.69, 9.17) is 12.2 Å². The Kier molecular flexibility index (Phi) is 5.77. The number of nitrogens with zero attached hydrogens (tertiary/aromatic N) is 4. The largest absolute Gasteiger partial charge is 0.341 e. The number of nitrogens with one attached hydrogen (secondary N) is 2. The molecule has 4 aromatic rings. The molecule has 0 saturated heterocycles. The molecule has 0 bridgehead atoms. The summed E-state index contributed by atoms with van der Waals surface area (Å²) in [6.07, 6.45) is 3.41. The maximum Gasteiger partial charge on any atom is 0.240 e. The second-order valence-electron chi connectivity index (χ2n) is 7.26. The molecule has 4 rings (SSSR count). The Morgan fingerprint density at radius 3 is 2.77 bits per heavy atom. The minimum absolute atomic E-state index is 0.0468. The topological polar surface area (TPSA) is 80.5 Å². The highest BCUT2D eigenvalue weighted by atomic mass is 32.1. The van der Waals surface area contributed by atoms with Crippen molar-refractivity contribution in [1.82, 2.24) is 29.6 Å². The first-order valence-corrected chi connectivity index (χ1v) is 10.1. The molecule has 7 nitrogen and oxygen atoms in total. The van der Waals surface area contributed by atoms with Gasteiger partial charge in [0, 0.05) is 25.0 Å². The molecule has 2 aromatic heterocycles. The number of rotatable bonds is 6. The van der Waals surface area contributed by atoms with Crippen molar-refractivity contribution in [3.8, 4) is 11.4 Å². The summed E-state index contributed by atoms with van der Waals surface area (Å²) in [4.78, 5) is 17.4. The van der Waals surface area contributed by atoms with Gasteiger partial charge in [0.1, 0.15) is 24.2 Å². The Labute approximate surface area is 183 Å². The van der Waals surface area contributed by atoms with Crippen molar-refractivity contribution >= 4 is 18.1 Å². The molecule has 0 radical (unpaired) electrons. The molecule has 0 spiro atoms. The van der Waals surface area contributed by atoms with Crippen LogP contribution in [0.5, 0.6) is 0 Å². The van der Waals surface area contributed by atoms with E-state index in [9.17, 15) is 9.18 Å². The molecule has 2 N–H and O–H groups in total. The fourth-order valence-electron chi connectivity index (χ4n) is 3.46. The van der Waals surface area contributed by atoms with E-state index < -0.39 is 6.04 Å². The second kappa shape index (κ2) is 8.65. The summed E-state index contributed by atoms with van der Waals surface area (Å²) in [7, 11) is 1.82. The van der Waals surface area contributed by atoms with Crippen LogP contribution in [-0.2, 0) is 18.4 Å². The number of hydrogen-bond acceptors (Lipinski definition) is 4. The molecule has 2 heterocycles. The molecule has 2 aromatic carbocycles. The van der Waals surface area contributed by atoms with Crippen molar-refractivity contribution in [3.63, 3.8) is 0 Å². The fraction of sp³-hybridized carbons (Fsp3) is 0.182. The van der Waals surface area contributed by atoms with Crippen molar-refractivity contribution in [2.75, 3.05) is 0 Å². The zero-order chi connectivity index (χ0) is 22.0. The third-order valence-electron chi connectivity index (χ3n) is 4.94. The average molecular weight is 437 g/mol. The Morgan fingerprint density at radius 1 is 1.26 bits per heavy atom. The van der Waals surface area contributed by atoms with Crippen LogP contribution in [0.4, 0.5) is 4.39 Å². The van der Waals surface area contributed by atoms with E-state index in [1.54, 1.807) is 33.7 Å². The smallest absolute Gasteiger partial charge is 0.240 e. The third-order valence-corrected chi connectivity index (χ3v) is 5.25. The Balaban J connectivity index is 1.63. The Morgan fingerprint density at radius 2 is 2.06 bits per heavy atom. The monoisotopic (exact) mass is 436 g/mol. The van der Waals surface area contributed by atoms with E-state index in [0.29, 0.717) is 22.0 Å². The summed E-state index contributed by atoms with van der Waals surface area (Å²) in [5, 5.41) is 10.0. The summed E-state index contributed by atoms with van der Waals surface area (Å²) in [6, 6.07) is 13.3. The number of H-pyrrole nitrogens is 1. The van der Waals surface area contributed by atoms with Gasteiger partial charge in [-0.1, -0.05) is 35.9 Å². The average Bonchev–Trinajstić information content (AvgIpc) is 3.32. The number of carbonyl (C=O) groups is 1. The van der Waals surface area contributed by atoms with Crippen LogP contribution >= 0.6 is 12.2 Å². The first-order valence-electron chi connectivity index (χ1n) is 9.66. The second-order valence-corrected chi connectivity index (χ2v) is 7.65. The lowest BCUT2D eigenvalue weighted by atomic mass is 10.1. The molecule has 0 aliphatic rings. The SMILES string of the molecule is Cc1cccc(-c2n[nH]c(=S)n2CC(=O)NC(c2cccc(F)c2)c2nccn2C)c1. The number of aromatic nitrogens is 5. The molecule has 0 fully saturated rings. The van der Waals surface area contributed by atoms with E-state index in [2.05, 4.69) is 20.5 Å². The highest BCUT2D eigenvalue weighted by Crippen LogP contribution is 2.22. The van der Waals surface area contributed by atoms with Gasteiger partial charge in [0.05, 0.1) is 0 Å². The molecule has 31 heavy (non-hydrogen) atoms. The van der Waals surface area contributed by atoms with E-state index in [1.807, 2.05) is 38.2 Å². The van der Waals surface area contributed by atoms with Crippen LogP contribution in [0.2, 0.25) is 0 Å². The Bertz CT molecular complexity index is 1290. The number of aromatic amines is 1. The van der Waals surface area contributed by atoms with Gasteiger partial charge in [0.2, 0.25) is 5.91 Å². The minimum Gasteiger partial charge on any atom is -0.341 e. The van der Waals surface area contributed by atoms with E-state index in [0.717, 1.165) is 11.1 Å². The molecule has 0 saturated carbocycles. The summed E-state index contributed by atoms with van der Waals surface area (Å²) < 4.78 is 17.6. The fourth-order valence-corrected chi connectivity index (χ4v) is 3.65. The minimum atomic E-state index is -0.619. The van der Waals surface area contributed by atoms with Crippen molar-refractivity contribution in [1.29, 1.82) is 0 Å². The van der Waals surface area contributed by atoms with Crippen LogP contribution in [0.15, 0.2) is 60.9 Å². The highest BCUT2D eigenvalue weighted by Gasteiger charge is 2.22. The third kappa shape index (κ3) is 4.46. The van der Waals surface area contributed by atoms with Gasteiger partial charge in [-0.05, 0) is 42.9 Å². The maximum atomic E-state index is 13.9. The van der Waals surface area contributed by atoms with Crippen molar-refractivity contribution in [2.24, 2.45) is 7.05 Å². The molecular weight excluding hydrogens is 415 g/mol. The van der Waals surface area contributed by atoms with Crippen LogP contribution in [0.1, 0.15) is 23.0 Å². The van der Waals surface area contributed by atoms with Gasteiger partial charge in [0.15, 0.2) is 10.6 Å². The lowest BCUT2D eigenvalue weighted by Crippen LogP contribution is -2.33. The molecule has 0 aliphatic heterocycles. The summed E-state index contributed by atoms with van der Waals surface area (Å²) in [6.45, 7) is 1.94. The van der Waals surface area contributed by atoms with Gasteiger partial charge in [-0.15, -0.1) is 0 Å². The van der Waals surface area contributed by atoms with Crippen LogP contribution in [-0.4, -0.2) is 30.2 Å². The normalized spacial score (nSPS) is 12.0. The maximum absolute atomic E-state index is 13.9. The number of amides is 1. The molecule has 1 unspecified atom stereocenters. The van der Waals surface area contributed by atoms with Crippen LogP contribution in [0.3, 0.4) is 0 Å². The lowest BCUT2D eigenvalue weighted by molar-refractivity contribution is -0.122. The standard InChI is InChI=1S/C22H21FN6OS/c1-14-5-3-7-16(11-14)20-26-27-22(31)29(20)13-18(30)25-19(21-24-9-10-28(21)2)15-6-4-8-17(23)12-15/h3-12,19H,13H2,1-2H3,(H,25,30)(H,27,31). The van der Waals surface area contributed by atoms with Crippen molar-refractivity contribution < 1.29 is 9.18 Å². The summed E-state index contributed by atoms with van der Waals surface area (Å²) in [5.74, 6) is 0.477. The molecule has 1 atom stereocenters. The Hall–Kier alpha value is -3.59. The van der Waals surface area contributed by atoms with Gasteiger partial charge in [-0.25, -0.2) is 9.37 Å². The van der Waals surface area contributed by atoms with E-state index in [1.165, 1.54) is 12.1 Å². The molecule has 158 valence electrons. The molecule has 0 aliphatic carbocycles. The van der Waals surface area contributed by atoms with Crippen LogP contribution < -0.4 is 5.32 Å². The summed E-state index contributed by atoms with van der Waals surface area (Å²) in [5.41, 5.74) is 2.52. The van der Waals surface area contributed by atoms with Crippen molar-refractivity contribution in [2.45, 2.75) is 19.5 Å².